The van der Waals surface area contributed by atoms with Crippen LogP contribution < -0.4 is 9.47 Å². The van der Waals surface area contributed by atoms with Crippen molar-refractivity contribution >= 4 is 11.9 Å². The van der Waals surface area contributed by atoms with Gasteiger partial charge in [-0.3, -0.25) is 14.5 Å². The highest BCUT2D eigenvalue weighted by Gasteiger charge is 2.51. The van der Waals surface area contributed by atoms with E-state index < -0.39 is 5.41 Å². The molecule has 3 fully saturated rings. The molecule has 0 aliphatic carbocycles. The SMILES string of the molecule is COc1ccc(CC(=O)N2CCC3(CC2)CC(CN2CCC(O)CC2)OC3=O)c(OC)c1. The van der Waals surface area contributed by atoms with E-state index in [4.69, 9.17) is 14.2 Å². The first kappa shape index (κ1) is 22.9. The number of nitrogens with zero attached hydrogens (tertiary/aromatic N) is 2. The molecule has 0 saturated carbocycles. The normalized spacial score (nSPS) is 23.9. The lowest BCUT2D eigenvalue weighted by molar-refractivity contribution is -0.153. The number of hydrogen-bond acceptors (Lipinski definition) is 7. The first-order chi connectivity index (χ1) is 15.4. The first-order valence-electron chi connectivity index (χ1n) is 11.5. The molecule has 1 spiro atoms. The van der Waals surface area contributed by atoms with Gasteiger partial charge in [0, 0.05) is 50.8 Å². The molecule has 3 saturated heterocycles. The summed E-state index contributed by atoms with van der Waals surface area (Å²) < 4.78 is 16.4. The second-order valence-electron chi connectivity index (χ2n) is 9.28. The van der Waals surface area contributed by atoms with Crippen LogP contribution >= 0.6 is 0 Å². The molecule has 0 bridgehead atoms. The van der Waals surface area contributed by atoms with Crippen LogP contribution in [0, 0.1) is 5.41 Å². The van der Waals surface area contributed by atoms with Crippen LogP contribution in [0.15, 0.2) is 18.2 Å². The number of likely N-dealkylation sites (tertiary alicyclic amines) is 2. The van der Waals surface area contributed by atoms with Gasteiger partial charge in [-0.25, -0.2) is 0 Å². The lowest BCUT2D eigenvalue weighted by Gasteiger charge is -2.37. The number of amides is 1. The molecule has 3 aliphatic rings. The van der Waals surface area contributed by atoms with Crippen molar-refractivity contribution < 1.29 is 28.9 Å². The fraction of sp³-hybridized carbons (Fsp3) is 0.667. The van der Waals surface area contributed by atoms with E-state index >= 15 is 0 Å². The predicted octanol–water partition coefficient (Wildman–Crippen LogP) is 1.63. The Kier molecular flexibility index (Phi) is 6.90. The molecule has 4 rings (SSSR count). The molecule has 1 amide bonds. The van der Waals surface area contributed by atoms with Crippen LogP contribution in [0.5, 0.6) is 11.5 Å². The highest BCUT2D eigenvalue weighted by atomic mass is 16.6. The summed E-state index contributed by atoms with van der Waals surface area (Å²) in [7, 11) is 3.18. The van der Waals surface area contributed by atoms with E-state index in [9.17, 15) is 14.7 Å². The number of piperidine rings is 2. The van der Waals surface area contributed by atoms with Gasteiger partial charge in [-0.05, 0) is 31.7 Å². The van der Waals surface area contributed by atoms with Gasteiger partial charge in [-0.2, -0.15) is 0 Å². The van der Waals surface area contributed by atoms with Crippen LogP contribution in [0.25, 0.3) is 0 Å². The third-order valence-electron chi connectivity index (χ3n) is 7.25. The summed E-state index contributed by atoms with van der Waals surface area (Å²) in [5.41, 5.74) is 0.361. The molecule has 0 aromatic heterocycles. The van der Waals surface area contributed by atoms with Crippen molar-refractivity contribution in [1.82, 2.24) is 9.80 Å². The number of aliphatic hydroxyl groups excluding tert-OH is 1. The molecule has 1 atom stereocenters. The lowest BCUT2D eigenvalue weighted by atomic mass is 9.76. The summed E-state index contributed by atoms with van der Waals surface area (Å²) in [6.45, 7) is 3.56. The summed E-state index contributed by atoms with van der Waals surface area (Å²) in [5.74, 6) is 1.26. The minimum absolute atomic E-state index is 0.0399. The number of carbonyl (C=O) groups excluding carboxylic acids is 2. The maximum Gasteiger partial charge on any atom is 0.312 e. The molecular formula is C24H34N2O6. The molecule has 1 unspecified atom stereocenters. The molecule has 8 heteroatoms. The number of aliphatic hydroxyl groups is 1. The topological polar surface area (TPSA) is 88.5 Å². The molecular weight excluding hydrogens is 412 g/mol. The van der Waals surface area contributed by atoms with Gasteiger partial charge in [0.1, 0.15) is 17.6 Å². The average molecular weight is 447 g/mol. The second-order valence-corrected chi connectivity index (χ2v) is 9.28. The monoisotopic (exact) mass is 446 g/mol. The van der Waals surface area contributed by atoms with Crippen LogP contribution in [0.4, 0.5) is 0 Å². The second kappa shape index (κ2) is 9.67. The number of rotatable bonds is 6. The van der Waals surface area contributed by atoms with Crippen molar-refractivity contribution in [3.05, 3.63) is 23.8 Å². The van der Waals surface area contributed by atoms with E-state index in [1.807, 2.05) is 17.0 Å². The van der Waals surface area contributed by atoms with Gasteiger partial charge in [-0.15, -0.1) is 0 Å². The van der Waals surface area contributed by atoms with E-state index in [1.54, 1.807) is 20.3 Å². The van der Waals surface area contributed by atoms with E-state index in [0.717, 1.165) is 44.5 Å². The first-order valence-corrected chi connectivity index (χ1v) is 11.5. The summed E-state index contributed by atoms with van der Waals surface area (Å²) >= 11 is 0. The number of carbonyl (C=O) groups is 2. The maximum absolute atomic E-state index is 12.9. The highest BCUT2D eigenvalue weighted by molar-refractivity contribution is 5.82. The minimum Gasteiger partial charge on any atom is -0.497 e. The Morgan fingerprint density at radius 1 is 1.16 bits per heavy atom. The number of ether oxygens (including phenoxy) is 3. The zero-order valence-corrected chi connectivity index (χ0v) is 19.0. The quantitative estimate of drug-likeness (QED) is 0.665. The van der Waals surface area contributed by atoms with Gasteiger partial charge in [0.15, 0.2) is 0 Å². The minimum atomic E-state index is -0.464. The standard InChI is InChI=1S/C24H34N2O6/c1-30-19-4-3-17(21(14-19)31-2)13-22(28)26-11-7-24(8-12-26)15-20(32-23(24)29)16-25-9-5-18(27)6-10-25/h3-4,14,18,20,27H,5-13,15-16H2,1-2H3. The Labute approximate surface area is 189 Å². The molecule has 3 heterocycles. The fourth-order valence-electron chi connectivity index (χ4n) is 5.19. The van der Waals surface area contributed by atoms with Crippen LogP contribution in [-0.2, 0) is 20.7 Å². The fourth-order valence-corrected chi connectivity index (χ4v) is 5.19. The third-order valence-corrected chi connectivity index (χ3v) is 7.25. The van der Waals surface area contributed by atoms with Crippen molar-refractivity contribution in [2.24, 2.45) is 5.41 Å². The molecule has 176 valence electrons. The Morgan fingerprint density at radius 3 is 2.53 bits per heavy atom. The average Bonchev–Trinajstić information content (AvgIpc) is 3.10. The van der Waals surface area contributed by atoms with Crippen molar-refractivity contribution in [1.29, 1.82) is 0 Å². The summed E-state index contributed by atoms with van der Waals surface area (Å²) in [6.07, 6.45) is 3.53. The number of benzene rings is 1. The predicted molar refractivity (Wildman–Crippen MR) is 118 cm³/mol. The van der Waals surface area contributed by atoms with Gasteiger partial charge in [0.25, 0.3) is 0 Å². The summed E-state index contributed by atoms with van der Waals surface area (Å²) in [5, 5.41) is 9.69. The Balaban J connectivity index is 1.30. The van der Waals surface area contributed by atoms with Crippen LogP contribution in [0.2, 0.25) is 0 Å². The molecule has 1 aromatic rings. The van der Waals surface area contributed by atoms with Gasteiger partial charge >= 0.3 is 5.97 Å². The van der Waals surface area contributed by atoms with Crippen molar-refractivity contribution in [3.63, 3.8) is 0 Å². The van der Waals surface area contributed by atoms with E-state index in [2.05, 4.69) is 4.90 Å². The Bertz CT molecular complexity index is 828. The Hall–Kier alpha value is -2.32. The van der Waals surface area contributed by atoms with Gasteiger partial charge in [0.05, 0.1) is 32.2 Å². The van der Waals surface area contributed by atoms with Crippen LogP contribution in [0.3, 0.4) is 0 Å². The van der Waals surface area contributed by atoms with E-state index in [-0.39, 0.29) is 30.5 Å². The van der Waals surface area contributed by atoms with Crippen LogP contribution in [0.1, 0.15) is 37.7 Å². The molecule has 1 aromatic carbocycles. The van der Waals surface area contributed by atoms with Crippen molar-refractivity contribution in [2.75, 3.05) is 46.9 Å². The molecule has 0 radical (unpaired) electrons. The number of hydrogen-bond donors (Lipinski definition) is 1. The van der Waals surface area contributed by atoms with Crippen LogP contribution in [-0.4, -0.2) is 85.9 Å². The summed E-state index contributed by atoms with van der Waals surface area (Å²) in [6, 6.07) is 5.47. The van der Waals surface area contributed by atoms with E-state index in [1.165, 1.54) is 0 Å². The lowest BCUT2D eigenvalue weighted by Crippen LogP contribution is -2.45. The van der Waals surface area contributed by atoms with Gasteiger partial charge in [-0.1, -0.05) is 6.07 Å². The number of methoxy groups -OCH3 is 2. The van der Waals surface area contributed by atoms with Gasteiger partial charge in [0.2, 0.25) is 5.91 Å². The maximum atomic E-state index is 12.9. The smallest absolute Gasteiger partial charge is 0.312 e. The zero-order valence-electron chi connectivity index (χ0n) is 19.0. The number of esters is 1. The largest absolute Gasteiger partial charge is 0.497 e. The zero-order chi connectivity index (χ0) is 22.7. The molecule has 1 N–H and O–H groups in total. The molecule has 8 nitrogen and oxygen atoms in total. The highest BCUT2D eigenvalue weighted by Crippen LogP contribution is 2.43. The van der Waals surface area contributed by atoms with Crippen molar-refractivity contribution in [2.45, 2.75) is 50.7 Å². The Morgan fingerprint density at radius 2 is 1.88 bits per heavy atom. The number of cyclic esters (lactones) is 1. The molecule has 32 heavy (non-hydrogen) atoms. The van der Waals surface area contributed by atoms with E-state index in [0.29, 0.717) is 37.4 Å². The van der Waals surface area contributed by atoms with Crippen molar-refractivity contribution in [3.8, 4) is 11.5 Å². The van der Waals surface area contributed by atoms with Gasteiger partial charge < -0.3 is 24.2 Å². The third kappa shape index (κ3) is 4.86. The summed E-state index contributed by atoms with van der Waals surface area (Å²) in [4.78, 5) is 29.8. The molecule has 3 aliphatic heterocycles.